The fourth-order valence-corrected chi connectivity index (χ4v) is 2.17. The molecule has 0 heterocycles. The first-order chi connectivity index (χ1) is 9.31. The van der Waals surface area contributed by atoms with E-state index in [9.17, 15) is 13.2 Å². The van der Waals surface area contributed by atoms with E-state index >= 15 is 0 Å². The normalized spacial score (nSPS) is 16.3. The van der Waals surface area contributed by atoms with E-state index in [2.05, 4.69) is 5.16 Å². The molecule has 110 valence electrons. The zero-order valence-electron chi connectivity index (χ0n) is 10.4. The van der Waals surface area contributed by atoms with E-state index in [-0.39, 0.29) is 23.1 Å². The van der Waals surface area contributed by atoms with Crippen molar-refractivity contribution >= 4 is 23.1 Å². The average Bonchev–Trinajstić information content (AvgIpc) is 3.18. The lowest BCUT2D eigenvalue weighted by molar-refractivity contribution is -0.120. The van der Waals surface area contributed by atoms with Gasteiger partial charge in [-0.25, -0.2) is 0 Å². The minimum absolute atomic E-state index is 0.194. The molecule has 1 fully saturated rings. The fraction of sp³-hybridized carbons (Fsp3) is 0.417. The summed E-state index contributed by atoms with van der Waals surface area (Å²) < 4.78 is 38.1. The summed E-state index contributed by atoms with van der Waals surface area (Å²) in [4.78, 5) is 1.21. The third-order valence-electron chi connectivity index (χ3n) is 2.99. The molecule has 0 spiro atoms. The summed E-state index contributed by atoms with van der Waals surface area (Å²) in [5.41, 5.74) is 5.98. The van der Waals surface area contributed by atoms with Crippen molar-refractivity contribution in [2.45, 2.75) is 25.1 Å². The Morgan fingerprint density at radius 3 is 2.60 bits per heavy atom. The van der Waals surface area contributed by atoms with Gasteiger partial charge >= 0.3 is 6.18 Å². The van der Waals surface area contributed by atoms with Crippen LogP contribution in [-0.2, 0) is 0 Å². The fourth-order valence-electron chi connectivity index (χ4n) is 2.00. The lowest BCUT2D eigenvalue weighted by Crippen LogP contribution is -2.37. The van der Waals surface area contributed by atoms with Gasteiger partial charge in [0.15, 0.2) is 5.84 Å². The van der Waals surface area contributed by atoms with Crippen molar-refractivity contribution in [3.8, 4) is 0 Å². The highest BCUT2D eigenvalue weighted by molar-refractivity contribution is 6.31. The van der Waals surface area contributed by atoms with Crippen molar-refractivity contribution in [1.29, 1.82) is 0 Å². The van der Waals surface area contributed by atoms with Crippen LogP contribution in [0.4, 0.5) is 18.9 Å². The molecule has 4 nitrogen and oxygen atoms in total. The molecule has 1 aromatic carbocycles. The van der Waals surface area contributed by atoms with Gasteiger partial charge in [0.2, 0.25) is 0 Å². The Morgan fingerprint density at radius 1 is 1.45 bits per heavy atom. The van der Waals surface area contributed by atoms with Gasteiger partial charge in [-0.3, -0.25) is 0 Å². The van der Waals surface area contributed by atoms with Gasteiger partial charge in [0.05, 0.1) is 0 Å². The number of halogens is 4. The number of anilines is 1. The van der Waals surface area contributed by atoms with E-state index in [1.165, 1.54) is 23.1 Å². The van der Waals surface area contributed by atoms with Gasteiger partial charge in [0.25, 0.3) is 0 Å². The second kappa shape index (κ2) is 5.40. The highest BCUT2D eigenvalue weighted by Crippen LogP contribution is 2.37. The maximum Gasteiger partial charge on any atom is 0.405 e. The number of alkyl halides is 3. The predicted octanol–water partition coefficient (Wildman–Crippen LogP) is 2.97. The third-order valence-corrected chi connectivity index (χ3v) is 3.23. The lowest BCUT2D eigenvalue weighted by atomic mass is 10.1. The molecule has 1 aliphatic carbocycles. The summed E-state index contributed by atoms with van der Waals surface area (Å²) in [5, 5.41) is 11.9. The van der Waals surface area contributed by atoms with E-state index in [0.717, 1.165) is 0 Å². The quantitative estimate of drug-likeness (QED) is 0.389. The van der Waals surface area contributed by atoms with E-state index in [1.54, 1.807) is 0 Å². The Kier molecular flexibility index (Phi) is 3.99. The van der Waals surface area contributed by atoms with Crippen LogP contribution in [0, 0.1) is 0 Å². The minimum Gasteiger partial charge on any atom is -0.409 e. The molecule has 0 bridgehead atoms. The number of amidine groups is 1. The maximum atomic E-state index is 12.7. The number of oxime groups is 1. The van der Waals surface area contributed by atoms with Crippen LogP contribution in [0.5, 0.6) is 0 Å². The Morgan fingerprint density at radius 2 is 2.10 bits per heavy atom. The first-order valence-corrected chi connectivity index (χ1v) is 6.30. The van der Waals surface area contributed by atoms with Crippen LogP contribution in [0.1, 0.15) is 18.4 Å². The molecule has 0 radical (unpaired) electrons. The highest BCUT2D eigenvalue weighted by atomic mass is 35.5. The molecule has 1 saturated carbocycles. The summed E-state index contributed by atoms with van der Waals surface area (Å²) >= 11 is 5.85. The van der Waals surface area contributed by atoms with Crippen LogP contribution in [0.15, 0.2) is 23.4 Å². The van der Waals surface area contributed by atoms with Gasteiger partial charge in [0.1, 0.15) is 6.54 Å². The van der Waals surface area contributed by atoms with E-state index < -0.39 is 12.7 Å². The number of benzene rings is 1. The second-order valence-corrected chi connectivity index (χ2v) is 5.06. The number of hydrogen-bond donors (Lipinski definition) is 2. The summed E-state index contributed by atoms with van der Waals surface area (Å²) in [5.74, 6) is -0.246. The molecule has 3 N–H and O–H groups in total. The van der Waals surface area contributed by atoms with Crippen molar-refractivity contribution in [3.63, 3.8) is 0 Å². The Bertz CT molecular complexity index is 529. The largest absolute Gasteiger partial charge is 0.409 e. The molecule has 8 heteroatoms. The van der Waals surface area contributed by atoms with E-state index in [0.29, 0.717) is 17.9 Å². The molecular weight excluding hydrogens is 295 g/mol. The molecule has 0 aromatic heterocycles. The number of nitrogens with zero attached hydrogens (tertiary/aromatic N) is 2. The molecule has 0 atom stereocenters. The summed E-state index contributed by atoms with van der Waals surface area (Å²) in [7, 11) is 0. The van der Waals surface area contributed by atoms with Crippen molar-refractivity contribution in [1.82, 2.24) is 0 Å². The zero-order valence-corrected chi connectivity index (χ0v) is 11.1. The Hall–Kier alpha value is -1.63. The molecule has 1 aliphatic rings. The smallest absolute Gasteiger partial charge is 0.405 e. The molecule has 0 amide bonds. The van der Waals surface area contributed by atoms with Crippen LogP contribution in [-0.4, -0.2) is 29.8 Å². The van der Waals surface area contributed by atoms with Crippen LogP contribution in [0.2, 0.25) is 5.02 Å². The first kappa shape index (κ1) is 14.8. The third kappa shape index (κ3) is 3.47. The average molecular weight is 308 g/mol. The van der Waals surface area contributed by atoms with Gasteiger partial charge in [-0.1, -0.05) is 16.8 Å². The van der Waals surface area contributed by atoms with Gasteiger partial charge in [-0.2, -0.15) is 13.2 Å². The zero-order chi connectivity index (χ0) is 14.9. The van der Waals surface area contributed by atoms with E-state index in [4.69, 9.17) is 22.5 Å². The van der Waals surface area contributed by atoms with Crippen molar-refractivity contribution in [3.05, 3.63) is 28.8 Å². The van der Waals surface area contributed by atoms with Crippen molar-refractivity contribution in [2.24, 2.45) is 10.9 Å². The SMILES string of the molecule is NC(=NO)c1ccc(Cl)cc1N(CC(F)(F)F)C1CC1. The summed E-state index contributed by atoms with van der Waals surface area (Å²) in [6.07, 6.45) is -2.98. The molecular formula is C12H13ClF3N3O. The van der Waals surface area contributed by atoms with Gasteiger partial charge in [-0.05, 0) is 31.0 Å². The van der Waals surface area contributed by atoms with Gasteiger partial charge in [0, 0.05) is 22.3 Å². The molecule has 20 heavy (non-hydrogen) atoms. The topological polar surface area (TPSA) is 61.9 Å². The standard InChI is InChI=1S/C12H13ClF3N3O/c13-7-1-4-9(11(17)18-20)10(5-7)19(8-2-3-8)6-12(14,15)16/h1,4-5,8,20H,2-3,6H2,(H2,17,18). The molecule has 0 aliphatic heterocycles. The van der Waals surface area contributed by atoms with Crippen LogP contribution in [0.3, 0.4) is 0 Å². The second-order valence-electron chi connectivity index (χ2n) is 4.62. The summed E-state index contributed by atoms with van der Waals surface area (Å²) in [6.45, 7) is -1.09. The molecule has 2 rings (SSSR count). The molecule has 0 unspecified atom stereocenters. The van der Waals surface area contributed by atoms with Crippen molar-refractivity contribution in [2.75, 3.05) is 11.4 Å². The number of rotatable bonds is 4. The predicted molar refractivity (Wildman–Crippen MR) is 70.4 cm³/mol. The summed E-state index contributed by atoms with van der Waals surface area (Å²) in [6, 6.07) is 4.13. The van der Waals surface area contributed by atoms with E-state index in [1.807, 2.05) is 0 Å². The Balaban J connectivity index is 2.44. The minimum atomic E-state index is -4.34. The Labute approximate surface area is 118 Å². The van der Waals surface area contributed by atoms with Gasteiger partial charge in [-0.15, -0.1) is 0 Å². The number of nitrogens with two attached hydrogens (primary N) is 1. The molecule has 1 aromatic rings. The number of hydrogen-bond acceptors (Lipinski definition) is 3. The first-order valence-electron chi connectivity index (χ1n) is 5.92. The van der Waals surface area contributed by atoms with Gasteiger partial charge < -0.3 is 15.8 Å². The monoisotopic (exact) mass is 307 g/mol. The maximum absolute atomic E-state index is 12.7. The van der Waals surface area contributed by atoms with Crippen LogP contribution < -0.4 is 10.6 Å². The highest BCUT2D eigenvalue weighted by Gasteiger charge is 2.39. The van der Waals surface area contributed by atoms with Crippen LogP contribution >= 0.6 is 11.6 Å². The molecule has 0 saturated heterocycles. The van der Waals surface area contributed by atoms with Crippen LogP contribution in [0.25, 0.3) is 0 Å². The van der Waals surface area contributed by atoms with Crippen molar-refractivity contribution < 1.29 is 18.4 Å². The lowest BCUT2D eigenvalue weighted by Gasteiger charge is -2.28.